The van der Waals surface area contributed by atoms with Crippen LogP contribution >= 0.6 is 0 Å². The van der Waals surface area contributed by atoms with Gasteiger partial charge in [0.1, 0.15) is 11.5 Å². The van der Waals surface area contributed by atoms with E-state index >= 15 is 0 Å². The number of carbonyl (C=O) groups is 1. The van der Waals surface area contributed by atoms with E-state index in [1.165, 1.54) is 0 Å². The van der Waals surface area contributed by atoms with Gasteiger partial charge in [-0.05, 0) is 62.3 Å². The first-order valence-electron chi connectivity index (χ1n) is 11.5. The van der Waals surface area contributed by atoms with Crippen LogP contribution in [0.5, 0.6) is 0 Å². The van der Waals surface area contributed by atoms with Crippen molar-refractivity contribution < 1.29 is 18.0 Å². The normalized spacial score (nSPS) is 21.4. The molecule has 182 valence electrons. The van der Waals surface area contributed by atoms with Crippen LogP contribution < -0.4 is 5.32 Å². The molecule has 5 rings (SSSR count). The number of amides is 1. The summed E-state index contributed by atoms with van der Waals surface area (Å²) in [7, 11) is 0. The molecule has 0 aromatic carbocycles. The molecule has 7 nitrogen and oxygen atoms in total. The Hall–Kier alpha value is -3.56. The van der Waals surface area contributed by atoms with Gasteiger partial charge in [0.2, 0.25) is 0 Å². The van der Waals surface area contributed by atoms with Gasteiger partial charge in [-0.1, -0.05) is 6.07 Å². The lowest BCUT2D eigenvalue weighted by molar-refractivity contribution is -0.138. The number of piperidine rings is 1. The third-order valence-electron chi connectivity index (χ3n) is 6.66. The molecule has 2 aliphatic rings. The van der Waals surface area contributed by atoms with E-state index in [0.717, 1.165) is 36.6 Å². The van der Waals surface area contributed by atoms with Crippen LogP contribution in [0.4, 0.5) is 19.0 Å². The minimum absolute atomic E-state index is 0.0358. The van der Waals surface area contributed by atoms with Crippen molar-refractivity contribution in [1.82, 2.24) is 24.8 Å². The summed E-state index contributed by atoms with van der Waals surface area (Å²) in [5.74, 6) is 1.60. The van der Waals surface area contributed by atoms with E-state index in [4.69, 9.17) is 0 Å². The molecule has 3 atom stereocenters. The Bertz CT molecular complexity index is 1230. The van der Waals surface area contributed by atoms with Crippen molar-refractivity contribution in [2.45, 2.75) is 38.9 Å². The number of rotatable bonds is 5. The van der Waals surface area contributed by atoms with Gasteiger partial charge in [-0.25, -0.2) is 19.9 Å². The highest BCUT2D eigenvalue weighted by molar-refractivity contribution is 5.98. The van der Waals surface area contributed by atoms with Gasteiger partial charge in [0, 0.05) is 43.4 Å². The van der Waals surface area contributed by atoms with Gasteiger partial charge < -0.3 is 10.2 Å². The molecule has 0 spiro atoms. The topological polar surface area (TPSA) is 83.9 Å². The van der Waals surface area contributed by atoms with Crippen molar-refractivity contribution in [2.75, 3.05) is 18.4 Å². The SMILES string of the molecule is Cc1ccc(NCC2CC3CC3CN2C(=O)c2nc(C)ccc2-c2ncc(C(F)(F)F)cn2)nc1. The summed E-state index contributed by atoms with van der Waals surface area (Å²) in [5, 5.41) is 3.34. The standard InChI is InChI=1S/C25H25F3N6O/c1-14-3-6-21(29-9-14)30-12-19-8-16-7-17(16)13-34(19)24(35)22-20(5-4-15(2)33-22)23-31-10-18(11-32-23)25(26,27)28/h3-6,9-11,16-17,19H,7-8,12-13H2,1-2H3,(H,29,30). The van der Waals surface area contributed by atoms with E-state index < -0.39 is 11.7 Å². The first-order valence-corrected chi connectivity index (χ1v) is 11.5. The molecule has 0 bridgehead atoms. The fraction of sp³-hybridized carbons (Fsp3) is 0.400. The molecule has 1 N–H and O–H groups in total. The molecule has 2 fully saturated rings. The van der Waals surface area contributed by atoms with Gasteiger partial charge in [-0.2, -0.15) is 13.2 Å². The van der Waals surface area contributed by atoms with Crippen LogP contribution in [-0.4, -0.2) is 49.9 Å². The summed E-state index contributed by atoms with van der Waals surface area (Å²) in [6.45, 7) is 4.91. The smallest absolute Gasteiger partial charge is 0.368 e. The molecule has 1 saturated heterocycles. The second kappa shape index (κ2) is 8.90. The maximum Gasteiger partial charge on any atom is 0.419 e. The number of anilines is 1. The molecule has 1 saturated carbocycles. The Morgan fingerprint density at radius 1 is 1.03 bits per heavy atom. The zero-order chi connectivity index (χ0) is 24.7. The van der Waals surface area contributed by atoms with Crippen LogP contribution in [0.25, 0.3) is 11.4 Å². The number of alkyl halides is 3. The van der Waals surface area contributed by atoms with Crippen LogP contribution in [-0.2, 0) is 6.18 Å². The van der Waals surface area contributed by atoms with Crippen LogP contribution in [0, 0.1) is 25.7 Å². The Labute approximate surface area is 200 Å². The number of nitrogens with zero attached hydrogens (tertiary/aromatic N) is 5. The van der Waals surface area contributed by atoms with Crippen LogP contribution in [0.2, 0.25) is 0 Å². The summed E-state index contributed by atoms with van der Waals surface area (Å²) in [5.41, 5.74) is 1.22. The molecular weight excluding hydrogens is 457 g/mol. The molecule has 4 heterocycles. The predicted octanol–water partition coefficient (Wildman–Crippen LogP) is 4.53. The van der Waals surface area contributed by atoms with E-state index in [1.807, 2.05) is 24.0 Å². The lowest BCUT2D eigenvalue weighted by Crippen LogP contribution is -2.48. The molecule has 3 aromatic rings. The third kappa shape index (κ3) is 4.96. The zero-order valence-corrected chi connectivity index (χ0v) is 19.4. The van der Waals surface area contributed by atoms with Gasteiger partial charge in [0.05, 0.1) is 11.1 Å². The number of pyridine rings is 2. The summed E-state index contributed by atoms with van der Waals surface area (Å²) in [6, 6.07) is 7.17. The maximum absolute atomic E-state index is 13.8. The Kier molecular flexibility index (Phi) is 5.90. The van der Waals surface area contributed by atoms with Crippen molar-refractivity contribution >= 4 is 11.7 Å². The highest BCUT2D eigenvalue weighted by Gasteiger charge is 2.47. The molecule has 1 aliphatic carbocycles. The molecule has 1 aliphatic heterocycles. The first-order chi connectivity index (χ1) is 16.7. The minimum Gasteiger partial charge on any atom is -0.368 e. The van der Waals surface area contributed by atoms with Gasteiger partial charge >= 0.3 is 6.18 Å². The van der Waals surface area contributed by atoms with Crippen LogP contribution in [0.1, 0.15) is 40.2 Å². The van der Waals surface area contributed by atoms with Crippen molar-refractivity contribution in [2.24, 2.45) is 11.8 Å². The number of hydrogen-bond acceptors (Lipinski definition) is 6. The van der Waals surface area contributed by atoms with Crippen LogP contribution in [0.15, 0.2) is 42.9 Å². The number of aromatic nitrogens is 4. The first kappa shape index (κ1) is 23.2. The summed E-state index contributed by atoms with van der Waals surface area (Å²) in [4.78, 5) is 32.3. The van der Waals surface area contributed by atoms with E-state index in [2.05, 4.69) is 25.3 Å². The Morgan fingerprint density at radius 2 is 1.80 bits per heavy atom. The number of likely N-dealkylation sites (tertiary alicyclic amines) is 1. The molecule has 35 heavy (non-hydrogen) atoms. The molecular formula is C25H25F3N6O. The molecule has 3 unspecified atom stereocenters. The van der Waals surface area contributed by atoms with E-state index in [9.17, 15) is 18.0 Å². The third-order valence-corrected chi connectivity index (χ3v) is 6.66. The summed E-state index contributed by atoms with van der Waals surface area (Å²) >= 11 is 0. The minimum atomic E-state index is -4.54. The summed E-state index contributed by atoms with van der Waals surface area (Å²) < 4.78 is 38.9. The van der Waals surface area contributed by atoms with E-state index in [-0.39, 0.29) is 23.5 Å². The molecule has 0 radical (unpaired) electrons. The van der Waals surface area contributed by atoms with Gasteiger partial charge in [-0.3, -0.25) is 4.79 Å². The summed E-state index contributed by atoms with van der Waals surface area (Å²) in [6.07, 6.45) is 0.688. The van der Waals surface area contributed by atoms with Crippen molar-refractivity contribution in [1.29, 1.82) is 0 Å². The predicted molar refractivity (Wildman–Crippen MR) is 124 cm³/mol. The molecule has 3 aromatic heterocycles. The largest absolute Gasteiger partial charge is 0.419 e. The van der Waals surface area contributed by atoms with Crippen molar-refractivity contribution in [3.05, 3.63) is 65.4 Å². The number of fused-ring (bicyclic) bond motifs is 1. The number of halogens is 3. The van der Waals surface area contributed by atoms with Crippen LogP contribution in [0.3, 0.4) is 0 Å². The van der Waals surface area contributed by atoms with Gasteiger partial charge in [-0.15, -0.1) is 0 Å². The number of hydrogen-bond donors (Lipinski definition) is 1. The second-order valence-corrected chi connectivity index (χ2v) is 9.35. The maximum atomic E-state index is 13.8. The molecule has 10 heteroatoms. The highest BCUT2D eigenvalue weighted by atomic mass is 19.4. The fourth-order valence-electron chi connectivity index (χ4n) is 4.59. The highest BCUT2D eigenvalue weighted by Crippen LogP contribution is 2.47. The van der Waals surface area contributed by atoms with E-state index in [1.54, 1.807) is 25.3 Å². The molecule has 1 amide bonds. The lowest BCUT2D eigenvalue weighted by atomic mass is 10.00. The number of nitrogens with one attached hydrogen (secondary N) is 1. The quantitative estimate of drug-likeness (QED) is 0.575. The monoisotopic (exact) mass is 482 g/mol. The Balaban J connectivity index is 1.41. The zero-order valence-electron chi connectivity index (χ0n) is 19.4. The lowest BCUT2D eigenvalue weighted by Gasteiger charge is -2.36. The Morgan fingerprint density at radius 3 is 2.49 bits per heavy atom. The van der Waals surface area contributed by atoms with Crippen molar-refractivity contribution in [3.8, 4) is 11.4 Å². The average molecular weight is 483 g/mol. The van der Waals surface area contributed by atoms with Gasteiger partial charge in [0.15, 0.2) is 5.82 Å². The van der Waals surface area contributed by atoms with Gasteiger partial charge in [0.25, 0.3) is 5.91 Å². The number of aryl methyl sites for hydroxylation is 2. The van der Waals surface area contributed by atoms with Crippen molar-refractivity contribution in [3.63, 3.8) is 0 Å². The number of carbonyl (C=O) groups excluding carboxylic acids is 1. The average Bonchev–Trinajstić information content (AvgIpc) is 3.60. The second-order valence-electron chi connectivity index (χ2n) is 9.35. The fourth-order valence-corrected chi connectivity index (χ4v) is 4.59. The van der Waals surface area contributed by atoms with E-state index in [0.29, 0.717) is 36.2 Å².